The minimum Gasteiger partial charge on any atom is -0.406 e. The maximum absolute atomic E-state index is 12.4. The van der Waals surface area contributed by atoms with Crippen molar-refractivity contribution in [3.05, 3.63) is 29.8 Å². The van der Waals surface area contributed by atoms with Crippen molar-refractivity contribution in [3.8, 4) is 5.75 Å². The van der Waals surface area contributed by atoms with E-state index in [1.54, 1.807) is 5.32 Å². The molecule has 0 aliphatic rings. The second kappa shape index (κ2) is 5.49. The monoisotopic (exact) mass is 303 g/mol. The molecule has 0 fully saturated rings. The summed E-state index contributed by atoms with van der Waals surface area (Å²) in [6.45, 7) is 0.0185. The standard InChI is InChI=1S/C11H11F6NO2/c1-9(19,10(12,13)14)18-6-7-3-2-4-8(5-7)20-11(15,16)17/h2-5,18-19H,6H2,1H3. The van der Waals surface area contributed by atoms with Crippen LogP contribution in [0.2, 0.25) is 0 Å². The number of hydrogen-bond donors (Lipinski definition) is 2. The molecule has 1 aromatic rings. The van der Waals surface area contributed by atoms with Gasteiger partial charge in [0.1, 0.15) is 5.75 Å². The molecule has 20 heavy (non-hydrogen) atoms. The van der Waals surface area contributed by atoms with Gasteiger partial charge in [-0.3, -0.25) is 5.32 Å². The SMILES string of the molecule is CC(O)(NCc1cccc(OC(F)(F)F)c1)C(F)(F)F. The molecule has 1 rings (SSSR count). The van der Waals surface area contributed by atoms with Gasteiger partial charge in [0.2, 0.25) is 5.72 Å². The molecule has 0 radical (unpaired) electrons. The molecule has 0 spiro atoms. The third-order valence-corrected chi connectivity index (χ3v) is 2.32. The molecule has 0 amide bonds. The molecule has 3 nitrogen and oxygen atoms in total. The number of halogens is 6. The molecular weight excluding hydrogens is 292 g/mol. The van der Waals surface area contributed by atoms with E-state index in [0.717, 1.165) is 12.1 Å². The van der Waals surface area contributed by atoms with Crippen LogP contribution in [-0.4, -0.2) is 23.4 Å². The Morgan fingerprint density at radius 2 is 1.75 bits per heavy atom. The molecule has 0 saturated carbocycles. The van der Waals surface area contributed by atoms with Gasteiger partial charge >= 0.3 is 12.5 Å². The first-order valence-electron chi connectivity index (χ1n) is 5.29. The van der Waals surface area contributed by atoms with Crippen LogP contribution >= 0.6 is 0 Å². The van der Waals surface area contributed by atoms with Crippen LogP contribution in [-0.2, 0) is 6.54 Å². The molecule has 114 valence electrons. The van der Waals surface area contributed by atoms with Gasteiger partial charge in [-0.05, 0) is 24.6 Å². The second-order valence-electron chi connectivity index (χ2n) is 4.12. The highest BCUT2D eigenvalue weighted by atomic mass is 19.4. The number of rotatable bonds is 4. The Kier molecular flexibility index (Phi) is 4.55. The van der Waals surface area contributed by atoms with E-state index >= 15 is 0 Å². The van der Waals surface area contributed by atoms with Crippen LogP contribution in [0, 0.1) is 0 Å². The van der Waals surface area contributed by atoms with E-state index < -0.39 is 30.6 Å². The molecule has 9 heteroatoms. The van der Waals surface area contributed by atoms with E-state index in [1.807, 2.05) is 0 Å². The Labute approximate surface area is 110 Å². The van der Waals surface area contributed by atoms with Crippen LogP contribution in [0.5, 0.6) is 5.75 Å². The molecule has 0 saturated heterocycles. The first kappa shape index (κ1) is 16.6. The maximum Gasteiger partial charge on any atom is 0.573 e. The molecule has 1 unspecified atom stereocenters. The third kappa shape index (κ3) is 4.89. The van der Waals surface area contributed by atoms with Gasteiger partial charge in [0.25, 0.3) is 0 Å². The number of nitrogens with one attached hydrogen (secondary N) is 1. The Balaban J connectivity index is 2.73. The fourth-order valence-electron chi connectivity index (χ4n) is 1.23. The molecule has 1 atom stereocenters. The van der Waals surface area contributed by atoms with Crippen molar-refractivity contribution in [2.24, 2.45) is 0 Å². The van der Waals surface area contributed by atoms with Crippen LogP contribution in [0.1, 0.15) is 12.5 Å². The topological polar surface area (TPSA) is 41.5 Å². The van der Waals surface area contributed by atoms with Crippen molar-refractivity contribution in [1.29, 1.82) is 0 Å². The fraction of sp³-hybridized carbons (Fsp3) is 0.455. The summed E-state index contributed by atoms with van der Waals surface area (Å²) < 4.78 is 76.6. The largest absolute Gasteiger partial charge is 0.573 e. The van der Waals surface area contributed by atoms with Crippen molar-refractivity contribution in [1.82, 2.24) is 5.32 Å². The molecule has 0 heterocycles. The fourth-order valence-corrected chi connectivity index (χ4v) is 1.23. The van der Waals surface area contributed by atoms with Gasteiger partial charge in [-0.2, -0.15) is 13.2 Å². The summed E-state index contributed by atoms with van der Waals surface area (Å²) in [4.78, 5) is 0. The minimum atomic E-state index is -4.91. The zero-order chi connectivity index (χ0) is 15.6. The zero-order valence-corrected chi connectivity index (χ0v) is 10.1. The predicted octanol–water partition coefficient (Wildman–Crippen LogP) is 2.95. The maximum atomic E-state index is 12.4. The number of aliphatic hydroxyl groups is 1. The van der Waals surface area contributed by atoms with Gasteiger partial charge in [0, 0.05) is 6.54 Å². The molecule has 1 aromatic carbocycles. The predicted molar refractivity (Wildman–Crippen MR) is 56.6 cm³/mol. The minimum absolute atomic E-state index is 0.0938. The van der Waals surface area contributed by atoms with E-state index in [9.17, 15) is 26.3 Å². The summed E-state index contributed by atoms with van der Waals surface area (Å²) in [5.41, 5.74) is -3.05. The lowest BCUT2D eigenvalue weighted by molar-refractivity contribution is -0.274. The van der Waals surface area contributed by atoms with Gasteiger partial charge in [0.15, 0.2) is 0 Å². The molecule has 2 N–H and O–H groups in total. The average molecular weight is 303 g/mol. The van der Waals surface area contributed by atoms with Crippen molar-refractivity contribution in [3.63, 3.8) is 0 Å². The molecule has 0 aliphatic carbocycles. The number of ether oxygens (including phenoxy) is 1. The number of benzene rings is 1. The van der Waals surface area contributed by atoms with Crippen molar-refractivity contribution in [2.45, 2.75) is 31.7 Å². The Morgan fingerprint density at radius 1 is 1.15 bits per heavy atom. The summed E-state index contributed by atoms with van der Waals surface area (Å²) in [7, 11) is 0. The quantitative estimate of drug-likeness (QED) is 0.664. The third-order valence-electron chi connectivity index (χ3n) is 2.32. The lowest BCUT2D eigenvalue weighted by atomic mass is 10.2. The van der Waals surface area contributed by atoms with Crippen LogP contribution in [0.25, 0.3) is 0 Å². The molecular formula is C11H11F6NO2. The van der Waals surface area contributed by atoms with Gasteiger partial charge in [-0.1, -0.05) is 12.1 Å². The highest BCUT2D eigenvalue weighted by Crippen LogP contribution is 2.28. The molecule has 0 aliphatic heterocycles. The van der Waals surface area contributed by atoms with E-state index in [1.165, 1.54) is 12.1 Å². The summed E-state index contributed by atoms with van der Waals surface area (Å²) >= 11 is 0. The molecule has 0 bridgehead atoms. The van der Waals surface area contributed by atoms with E-state index in [4.69, 9.17) is 5.11 Å². The normalized spacial score (nSPS) is 15.8. The van der Waals surface area contributed by atoms with Gasteiger partial charge in [0.05, 0.1) is 0 Å². The van der Waals surface area contributed by atoms with E-state index in [2.05, 4.69) is 4.74 Å². The van der Waals surface area contributed by atoms with E-state index in [0.29, 0.717) is 6.92 Å². The lowest BCUT2D eigenvalue weighted by Crippen LogP contribution is -2.53. The summed E-state index contributed by atoms with van der Waals surface area (Å²) in [5.74, 6) is -0.552. The first-order valence-corrected chi connectivity index (χ1v) is 5.29. The van der Waals surface area contributed by atoms with Crippen LogP contribution < -0.4 is 10.1 Å². The lowest BCUT2D eigenvalue weighted by Gasteiger charge is -2.27. The van der Waals surface area contributed by atoms with Crippen LogP contribution in [0.15, 0.2) is 24.3 Å². The highest BCUT2D eigenvalue weighted by molar-refractivity contribution is 5.28. The Bertz CT molecular complexity index is 455. The highest BCUT2D eigenvalue weighted by Gasteiger charge is 2.49. The second-order valence-corrected chi connectivity index (χ2v) is 4.12. The number of alkyl halides is 6. The summed E-state index contributed by atoms with van der Waals surface area (Å²) in [6.07, 6.45) is -9.80. The first-order chi connectivity index (χ1) is 8.91. The number of hydrogen-bond acceptors (Lipinski definition) is 3. The Morgan fingerprint density at radius 3 is 2.25 bits per heavy atom. The Hall–Kier alpha value is -1.48. The van der Waals surface area contributed by atoms with Crippen molar-refractivity contribution >= 4 is 0 Å². The van der Waals surface area contributed by atoms with Gasteiger partial charge in [-0.15, -0.1) is 13.2 Å². The zero-order valence-electron chi connectivity index (χ0n) is 10.1. The summed E-state index contributed by atoms with van der Waals surface area (Å²) in [6, 6.07) is 4.43. The van der Waals surface area contributed by atoms with Gasteiger partial charge < -0.3 is 9.84 Å². The molecule has 0 aromatic heterocycles. The van der Waals surface area contributed by atoms with Crippen LogP contribution in [0.3, 0.4) is 0 Å². The van der Waals surface area contributed by atoms with Crippen molar-refractivity contribution < 1.29 is 36.2 Å². The summed E-state index contributed by atoms with van der Waals surface area (Å²) in [5, 5.41) is 10.9. The van der Waals surface area contributed by atoms with Gasteiger partial charge in [-0.25, -0.2) is 0 Å². The smallest absolute Gasteiger partial charge is 0.406 e. The van der Waals surface area contributed by atoms with E-state index in [-0.39, 0.29) is 5.56 Å². The van der Waals surface area contributed by atoms with Crippen molar-refractivity contribution in [2.75, 3.05) is 0 Å². The van der Waals surface area contributed by atoms with Crippen LogP contribution in [0.4, 0.5) is 26.3 Å². The average Bonchev–Trinajstić information content (AvgIpc) is 2.23.